The normalized spacial score (nSPS) is 11.6. The van der Waals surface area contributed by atoms with Gasteiger partial charge in [-0.25, -0.2) is 0 Å². The zero-order chi connectivity index (χ0) is 21.1. The molecule has 0 radical (unpaired) electrons. The van der Waals surface area contributed by atoms with E-state index in [2.05, 4.69) is 5.32 Å². The highest BCUT2D eigenvalue weighted by molar-refractivity contribution is 7.98. The third-order valence-electron chi connectivity index (χ3n) is 4.31. The standard InChI is InChI=1S/C22H28N2O3S2/c1-24(15-17-9-11-19(29-3)12-10-17)22(26)20(13-14-28-2)23-21(25)16-27-18-7-5-4-6-8-18/h4-12,20H,13-16H2,1-3H3,(H,23,25)/t20-/m1/s1. The third-order valence-corrected chi connectivity index (χ3v) is 5.70. The van der Waals surface area contributed by atoms with Gasteiger partial charge in [0.15, 0.2) is 6.61 Å². The average molecular weight is 433 g/mol. The van der Waals surface area contributed by atoms with E-state index < -0.39 is 6.04 Å². The summed E-state index contributed by atoms with van der Waals surface area (Å²) in [6.45, 7) is 0.382. The first-order chi connectivity index (χ1) is 14.0. The fraction of sp³-hybridized carbons (Fsp3) is 0.364. The smallest absolute Gasteiger partial charge is 0.258 e. The highest BCUT2D eigenvalue weighted by Gasteiger charge is 2.24. The molecule has 1 atom stereocenters. The number of hydrogen-bond acceptors (Lipinski definition) is 5. The van der Waals surface area contributed by atoms with Crippen molar-refractivity contribution < 1.29 is 14.3 Å². The average Bonchev–Trinajstić information content (AvgIpc) is 2.75. The fourth-order valence-corrected chi connectivity index (χ4v) is 3.62. The quantitative estimate of drug-likeness (QED) is 0.549. The lowest BCUT2D eigenvalue weighted by molar-refractivity contribution is -0.136. The number of hydrogen-bond donors (Lipinski definition) is 1. The van der Waals surface area contributed by atoms with Crippen LogP contribution >= 0.6 is 23.5 Å². The minimum Gasteiger partial charge on any atom is -0.484 e. The highest BCUT2D eigenvalue weighted by Crippen LogP contribution is 2.16. The van der Waals surface area contributed by atoms with Crippen LogP contribution in [0.5, 0.6) is 5.75 Å². The molecule has 0 fully saturated rings. The van der Waals surface area contributed by atoms with Gasteiger partial charge >= 0.3 is 0 Å². The van der Waals surface area contributed by atoms with Crippen LogP contribution in [0, 0.1) is 0 Å². The van der Waals surface area contributed by atoms with Crippen molar-refractivity contribution in [1.82, 2.24) is 10.2 Å². The van der Waals surface area contributed by atoms with Crippen molar-refractivity contribution in [2.24, 2.45) is 0 Å². The van der Waals surface area contributed by atoms with Crippen molar-refractivity contribution in [3.63, 3.8) is 0 Å². The first kappa shape index (κ1) is 23.2. The molecule has 0 saturated carbocycles. The van der Waals surface area contributed by atoms with Crippen LogP contribution < -0.4 is 10.1 Å². The van der Waals surface area contributed by atoms with Gasteiger partial charge in [0, 0.05) is 18.5 Å². The third kappa shape index (κ3) is 8.03. The predicted molar refractivity (Wildman–Crippen MR) is 122 cm³/mol. The molecule has 0 spiro atoms. The fourth-order valence-electron chi connectivity index (χ4n) is 2.74. The molecule has 0 saturated heterocycles. The van der Waals surface area contributed by atoms with E-state index in [1.165, 1.54) is 4.90 Å². The second kappa shape index (κ2) is 12.4. The Morgan fingerprint density at radius 2 is 1.76 bits per heavy atom. The monoisotopic (exact) mass is 432 g/mol. The molecule has 0 heterocycles. The molecule has 0 aliphatic heterocycles. The molecular formula is C22H28N2O3S2. The molecule has 2 amide bonds. The summed E-state index contributed by atoms with van der Waals surface area (Å²) in [5.74, 6) is 1.01. The second-order valence-corrected chi connectivity index (χ2v) is 8.41. The molecular weight excluding hydrogens is 404 g/mol. The topological polar surface area (TPSA) is 58.6 Å². The van der Waals surface area contributed by atoms with Crippen LogP contribution in [0.2, 0.25) is 0 Å². The summed E-state index contributed by atoms with van der Waals surface area (Å²) < 4.78 is 5.49. The number of para-hydroxylation sites is 1. The molecule has 2 aromatic carbocycles. The lowest BCUT2D eigenvalue weighted by Gasteiger charge is -2.25. The zero-order valence-corrected chi connectivity index (χ0v) is 18.7. The first-order valence-electron chi connectivity index (χ1n) is 9.37. The number of likely N-dealkylation sites (N-methyl/N-ethyl adjacent to an activating group) is 1. The van der Waals surface area contributed by atoms with Gasteiger partial charge < -0.3 is 15.0 Å². The maximum absolute atomic E-state index is 12.9. The molecule has 0 aliphatic rings. The SMILES string of the molecule is CSCC[C@@H](NC(=O)COc1ccccc1)C(=O)N(C)Cc1ccc(SC)cc1. The van der Waals surface area contributed by atoms with Gasteiger partial charge in [-0.05, 0) is 54.5 Å². The molecule has 1 N–H and O–H groups in total. The summed E-state index contributed by atoms with van der Waals surface area (Å²) in [6.07, 6.45) is 4.59. The Bertz CT molecular complexity index is 769. The molecule has 29 heavy (non-hydrogen) atoms. The van der Waals surface area contributed by atoms with E-state index in [0.717, 1.165) is 11.3 Å². The van der Waals surface area contributed by atoms with Gasteiger partial charge in [0.1, 0.15) is 11.8 Å². The maximum atomic E-state index is 12.9. The molecule has 2 rings (SSSR count). The van der Waals surface area contributed by atoms with Crippen molar-refractivity contribution in [2.45, 2.75) is 23.9 Å². The van der Waals surface area contributed by atoms with E-state index in [1.807, 2.05) is 55.0 Å². The molecule has 0 aromatic heterocycles. The Morgan fingerprint density at radius 1 is 1.07 bits per heavy atom. The number of ether oxygens (including phenoxy) is 1. The number of carbonyl (C=O) groups excluding carboxylic acids is 2. The second-order valence-electron chi connectivity index (χ2n) is 6.55. The Kier molecular flexibility index (Phi) is 9.94. The van der Waals surface area contributed by atoms with Crippen LogP contribution in [0.1, 0.15) is 12.0 Å². The number of nitrogens with zero attached hydrogens (tertiary/aromatic N) is 1. The van der Waals surface area contributed by atoms with Gasteiger partial charge in [-0.2, -0.15) is 11.8 Å². The molecule has 0 aliphatic carbocycles. The van der Waals surface area contributed by atoms with E-state index in [4.69, 9.17) is 4.74 Å². The number of nitrogens with one attached hydrogen (secondary N) is 1. The van der Waals surface area contributed by atoms with Crippen LogP contribution in [0.4, 0.5) is 0 Å². The molecule has 7 heteroatoms. The van der Waals surface area contributed by atoms with Crippen molar-refractivity contribution in [2.75, 3.05) is 31.9 Å². The number of benzene rings is 2. The lowest BCUT2D eigenvalue weighted by Crippen LogP contribution is -2.48. The number of rotatable bonds is 11. The Balaban J connectivity index is 1.93. The summed E-state index contributed by atoms with van der Waals surface area (Å²) >= 11 is 3.33. The van der Waals surface area contributed by atoms with Crippen LogP contribution in [0.3, 0.4) is 0 Å². The maximum Gasteiger partial charge on any atom is 0.258 e. The van der Waals surface area contributed by atoms with E-state index in [9.17, 15) is 9.59 Å². The Morgan fingerprint density at radius 3 is 2.38 bits per heavy atom. The molecule has 5 nitrogen and oxygen atoms in total. The number of thioether (sulfide) groups is 2. The van der Waals surface area contributed by atoms with E-state index >= 15 is 0 Å². The Labute approximate surface area is 181 Å². The summed E-state index contributed by atoms with van der Waals surface area (Å²) in [7, 11) is 1.77. The molecule has 0 unspecified atom stereocenters. The predicted octanol–water partition coefficient (Wildman–Crippen LogP) is 3.68. The van der Waals surface area contributed by atoms with Crippen LogP contribution in [-0.2, 0) is 16.1 Å². The lowest BCUT2D eigenvalue weighted by atomic mass is 10.1. The van der Waals surface area contributed by atoms with Crippen molar-refractivity contribution in [3.8, 4) is 5.75 Å². The zero-order valence-electron chi connectivity index (χ0n) is 17.1. The van der Waals surface area contributed by atoms with E-state index in [0.29, 0.717) is 18.7 Å². The van der Waals surface area contributed by atoms with Crippen LogP contribution in [0.15, 0.2) is 59.5 Å². The minimum absolute atomic E-state index is 0.0962. The number of carbonyl (C=O) groups is 2. The summed E-state index contributed by atoms with van der Waals surface area (Å²) in [6, 6.07) is 16.7. The van der Waals surface area contributed by atoms with Gasteiger partial charge in [0.25, 0.3) is 5.91 Å². The van der Waals surface area contributed by atoms with Gasteiger partial charge in [0.05, 0.1) is 0 Å². The molecule has 0 bridgehead atoms. The summed E-state index contributed by atoms with van der Waals surface area (Å²) in [5.41, 5.74) is 1.06. The summed E-state index contributed by atoms with van der Waals surface area (Å²) in [4.78, 5) is 28.1. The van der Waals surface area contributed by atoms with Crippen molar-refractivity contribution in [1.29, 1.82) is 0 Å². The number of amides is 2. The molecule has 2 aromatic rings. The van der Waals surface area contributed by atoms with Crippen molar-refractivity contribution >= 4 is 35.3 Å². The van der Waals surface area contributed by atoms with Crippen molar-refractivity contribution in [3.05, 3.63) is 60.2 Å². The van der Waals surface area contributed by atoms with Gasteiger partial charge in [0.2, 0.25) is 5.91 Å². The highest BCUT2D eigenvalue weighted by atomic mass is 32.2. The van der Waals surface area contributed by atoms with Gasteiger partial charge in [-0.15, -0.1) is 11.8 Å². The summed E-state index contributed by atoms with van der Waals surface area (Å²) in [5, 5.41) is 2.83. The van der Waals surface area contributed by atoms with Gasteiger partial charge in [-0.1, -0.05) is 30.3 Å². The van der Waals surface area contributed by atoms with Crippen LogP contribution in [-0.4, -0.2) is 54.7 Å². The first-order valence-corrected chi connectivity index (χ1v) is 12.0. The molecule has 156 valence electrons. The van der Waals surface area contributed by atoms with Crippen LogP contribution in [0.25, 0.3) is 0 Å². The van der Waals surface area contributed by atoms with E-state index in [1.54, 1.807) is 47.6 Å². The van der Waals surface area contributed by atoms with Gasteiger partial charge in [-0.3, -0.25) is 9.59 Å². The Hall–Kier alpha value is -2.12. The van der Waals surface area contributed by atoms with E-state index in [-0.39, 0.29) is 18.4 Å². The largest absolute Gasteiger partial charge is 0.484 e. The minimum atomic E-state index is -0.565.